The molecule has 0 aliphatic rings. The fourth-order valence-corrected chi connectivity index (χ4v) is 1.09. The number of thiocarbonyl (C=S) groups is 2. The van der Waals surface area contributed by atoms with Crippen LogP contribution in [0.1, 0.15) is 6.92 Å². The molecule has 0 bridgehead atoms. The van der Waals surface area contributed by atoms with Crippen LogP contribution < -0.4 is 10.6 Å². The average molecular weight is 291 g/mol. The zero-order valence-electron chi connectivity index (χ0n) is 6.66. The Hall–Kier alpha value is 0.973. The largest absolute Gasteiger partial charge is 0.412 e. The Balaban J connectivity index is 0. The van der Waals surface area contributed by atoms with Crippen LogP contribution in [-0.4, -0.2) is 21.2 Å². The van der Waals surface area contributed by atoms with E-state index in [9.17, 15) is 0 Å². The molecule has 7 heteroatoms. The summed E-state index contributed by atoms with van der Waals surface area (Å²) < 4.78 is 0.860. The van der Waals surface area contributed by atoms with Crippen LogP contribution in [0.3, 0.4) is 0 Å². The van der Waals surface area contributed by atoms with Gasteiger partial charge in [-0.25, -0.2) is 0 Å². The first-order chi connectivity index (χ1) is 5.02. The second-order valence-electron chi connectivity index (χ2n) is 2.02. The number of nitrogens with one attached hydrogen (secondary N) is 2. The van der Waals surface area contributed by atoms with Crippen LogP contribution in [0.25, 0.3) is 0 Å². The molecular formula is C5H9N2S4Zn-. The van der Waals surface area contributed by atoms with Gasteiger partial charge in [0.25, 0.3) is 0 Å². The maximum atomic E-state index is 4.72. The summed E-state index contributed by atoms with van der Waals surface area (Å²) in [6.45, 7) is 2.63. The van der Waals surface area contributed by atoms with Gasteiger partial charge in [0.05, 0.1) is 0 Å². The Morgan fingerprint density at radius 1 is 1.58 bits per heavy atom. The van der Waals surface area contributed by atoms with Gasteiger partial charge in [0.2, 0.25) is 0 Å². The summed E-state index contributed by atoms with van der Waals surface area (Å²) in [5.41, 5.74) is 0. The van der Waals surface area contributed by atoms with Crippen molar-refractivity contribution < 1.29 is 19.5 Å². The van der Waals surface area contributed by atoms with Crippen molar-refractivity contribution in [2.45, 2.75) is 13.0 Å². The van der Waals surface area contributed by atoms with Crippen molar-refractivity contribution in [2.24, 2.45) is 0 Å². The summed E-state index contributed by atoms with van der Waals surface area (Å²) in [7, 11) is 0. The molecule has 0 radical (unpaired) electrons. The Morgan fingerprint density at radius 2 is 2.08 bits per heavy atom. The van der Waals surface area contributed by atoms with Crippen LogP contribution in [0.2, 0.25) is 0 Å². The fourth-order valence-electron chi connectivity index (χ4n) is 0.498. The van der Waals surface area contributed by atoms with Crippen molar-refractivity contribution >= 4 is 58.3 Å². The van der Waals surface area contributed by atoms with Crippen molar-refractivity contribution in [2.75, 3.05) is 6.54 Å². The van der Waals surface area contributed by atoms with Crippen molar-refractivity contribution in [1.29, 1.82) is 0 Å². The minimum Gasteiger partial charge on any atom is -0.412 e. The SMILES string of the molecule is CC(CNC(=S)[S-])NC(=S)S.[Zn]. The predicted molar refractivity (Wildman–Crippen MR) is 62.1 cm³/mol. The predicted octanol–water partition coefficient (Wildman–Crippen LogP) is 0.598. The molecule has 2 nitrogen and oxygen atoms in total. The molecule has 1 unspecified atom stereocenters. The molecule has 0 amide bonds. The minimum absolute atomic E-state index is 0. The molecule has 0 saturated heterocycles. The van der Waals surface area contributed by atoms with Crippen LogP contribution in [0.4, 0.5) is 0 Å². The zero-order valence-corrected chi connectivity index (χ0v) is 13.0. The van der Waals surface area contributed by atoms with E-state index in [1.807, 2.05) is 6.92 Å². The average Bonchev–Trinajstić information content (AvgIpc) is 1.82. The van der Waals surface area contributed by atoms with Gasteiger partial charge in [-0.05, 0) is 6.92 Å². The maximum absolute atomic E-state index is 4.72. The molecule has 0 rings (SSSR count). The molecule has 0 aromatic carbocycles. The quantitative estimate of drug-likeness (QED) is 0.306. The molecule has 0 aromatic heterocycles. The van der Waals surface area contributed by atoms with E-state index >= 15 is 0 Å². The molecule has 66 valence electrons. The molecule has 0 spiro atoms. The second kappa shape index (κ2) is 8.57. The smallest absolute Gasteiger partial charge is 0.130 e. The second-order valence-corrected chi connectivity index (χ2v) is 4.25. The summed E-state index contributed by atoms with van der Waals surface area (Å²) >= 11 is 17.9. The third-order valence-corrected chi connectivity index (χ3v) is 1.46. The molecule has 0 aliphatic carbocycles. The van der Waals surface area contributed by atoms with E-state index in [2.05, 4.69) is 48.1 Å². The van der Waals surface area contributed by atoms with Gasteiger partial charge < -0.3 is 35.5 Å². The summed E-state index contributed by atoms with van der Waals surface area (Å²) in [6, 6.07) is 0.195. The third-order valence-electron chi connectivity index (χ3n) is 0.922. The Morgan fingerprint density at radius 3 is 2.42 bits per heavy atom. The Labute approximate surface area is 107 Å². The van der Waals surface area contributed by atoms with Crippen molar-refractivity contribution in [1.82, 2.24) is 10.6 Å². The molecule has 12 heavy (non-hydrogen) atoms. The number of thiol groups is 1. The summed E-state index contributed by atoms with van der Waals surface area (Å²) in [5, 5.41) is 5.77. The monoisotopic (exact) mass is 289 g/mol. The first-order valence-corrected chi connectivity index (χ1v) is 4.64. The van der Waals surface area contributed by atoms with Gasteiger partial charge in [-0.1, -0.05) is 16.5 Å². The van der Waals surface area contributed by atoms with Gasteiger partial charge in [0.15, 0.2) is 0 Å². The molecule has 0 heterocycles. The van der Waals surface area contributed by atoms with E-state index in [1.165, 1.54) is 0 Å². The van der Waals surface area contributed by atoms with Crippen LogP contribution >= 0.6 is 37.1 Å². The van der Waals surface area contributed by atoms with E-state index in [4.69, 9.17) is 12.2 Å². The van der Waals surface area contributed by atoms with Gasteiger partial charge in [-0.15, -0.1) is 12.6 Å². The minimum atomic E-state index is 0. The first-order valence-electron chi connectivity index (χ1n) is 2.96. The van der Waals surface area contributed by atoms with E-state index < -0.39 is 0 Å². The topological polar surface area (TPSA) is 24.1 Å². The first kappa shape index (κ1) is 15.4. The van der Waals surface area contributed by atoms with Crippen molar-refractivity contribution in [3.8, 4) is 0 Å². The standard InChI is InChI=1S/C5H10N2S4.Zn/c1-3(7-5(10)11)2-6-4(8)9;/h3H,2H2,1H3,(H2,6,8,9)(H2,7,10,11);/p-1. The van der Waals surface area contributed by atoms with Crippen LogP contribution in [0.5, 0.6) is 0 Å². The fraction of sp³-hybridized carbons (Fsp3) is 0.600. The van der Waals surface area contributed by atoms with Gasteiger partial charge in [-0.3, -0.25) is 0 Å². The van der Waals surface area contributed by atoms with Crippen LogP contribution in [-0.2, 0) is 32.1 Å². The van der Waals surface area contributed by atoms with Gasteiger partial charge in [0.1, 0.15) is 4.32 Å². The van der Waals surface area contributed by atoms with Gasteiger partial charge in [-0.2, -0.15) is 0 Å². The molecule has 0 saturated carbocycles. The molecule has 1 atom stereocenters. The normalized spacial score (nSPS) is 10.8. The number of rotatable bonds is 3. The van der Waals surface area contributed by atoms with Gasteiger partial charge in [0, 0.05) is 32.1 Å². The molecule has 0 fully saturated rings. The summed E-state index contributed by atoms with van der Waals surface area (Å²) in [6.07, 6.45) is 0. The van der Waals surface area contributed by atoms with E-state index in [0.717, 1.165) is 0 Å². The van der Waals surface area contributed by atoms with E-state index in [1.54, 1.807) is 0 Å². The zero-order chi connectivity index (χ0) is 8.85. The van der Waals surface area contributed by atoms with Crippen LogP contribution in [0.15, 0.2) is 0 Å². The van der Waals surface area contributed by atoms with E-state index in [0.29, 0.717) is 15.2 Å². The Bertz CT molecular complexity index is 164. The summed E-state index contributed by atoms with van der Waals surface area (Å²) in [4.78, 5) is 0. The molecular weight excluding hydrogens is 282 g/mol. The maximum Gasteiger partial charge on any atom is 0.130 e. The summed E-state index contributed by atoms with van der Waals surface area (Å²) in [5.74, 6) is 0. The van der Waals surface area contributed by atoms with Crippen molar-refractivity contribution in [3.63, 3.8) is 0 Å². The molecule has 0 aliphatic heterocycles. The van der Waals surface area contributed by atoms with Gasteiger partial charge >= 0.3 is 0 Å². The number of hydrogen-bond acceptors (Lipinski definition) is 3. The van der Waals surface area contributed by atoms with E-state index in [-0.39, 0.29) is 25.5 Å². The number of hydrogen-bond donors (Lipinski definition) is 3. The Kier molecular flexibility index (Phi) is 11.0. The van der Waals surface area contributed by atoms with Crippen LogP contribution in [0, 0.1) is 0 Å². The molecule has 0 aromatic rings. The molecule has 2 N–H and O–H groups in total. The third kappa shape index (κ3) is 11.0. The van der Waals surface area contributed by atoms with Crippen molar-refractivity contribution in [3.05, 3.63) is 0 Å².